The molecule has 1 aromatic rings. The molecule has 0 atom stereocenters. The second-order valence-corrected chi connectivity index (χ2v) is 6.10. The molecule has 0 amide bonds. The Morgan fingerprint density at radius 2 is 2.00 bits per heavy atom. The average Bonchev–Trinajstić information content (AvgIpc) is 2.51. The van der Waals surface area contributed by atoms with Crippen molar-refractivity contribution in [2.45, 2.75) is 39.7 Å². The summed E-state index contributed by atoms with van der Waals surface area (Å²) in [4.78, 5) is 2.61. The Morgan fingerprint density at radius 1 is 1.24 bits per heavy atom. The van der Waals surface area contributed by atoms with Crippen molar-refractivity contribution in [1.29, 1.82) is 0 Å². The summed E-state index contributed by atoms with van der Waals surface area (Å²) in [5.41, 5.74) is 1.26. The third-order valence-corrected chi connectivity index (χ3v) is 4.29. The van der Waals surface area contributed by atoms with Gasteiger partial charge in [0.2, 0.25) is 0 Å². The molecule has 0 saturated carbocycles. The third kappa shape index (κ3) is 5.68. The molecule has 0 aliphatic carbocycles. The topological polar surface area (TPSA) is 24.5 Å². The Bertz CT molecular complexity index is 400. The van der Waals surface area contributed by atoms with Crippen molar-refractivity contribution in [3.05, 3.63) is 29.8 Å². The molecule has 1 aliphatic rings. The molecule has 1 fully saturated rings. The van der Waals surface area contributed by atoms with Crippen LogP contribution in [0.25, 0.3) is 0 Å². The lowest BCUT2D eigenvalue weighted by Crippen LogP contribution is -2.34. The maximum atomic E-state index is 5.65. The van der Waals surface area contributed by atoms with Gasteiger partial charge in [0.1, 0.15) is 5.75 Å². The quantitative estimate of drug-likeness (QED) is 0.744. The van der Waals surface area contributed by atoms with Gasteiger partial charge in [-0.15, -0.1) is 0 Å². The van der Waals surface area contributed by atoms with Gasteiger partial charge in [-0.25, -0.2) is 0 Å². The lowest BCUT2D eigenvalue weighted by molar-refractivity contribution is 0.190. The Hall–Kier alpha value is -1.06. The molecule has 21 heavy (non-hydrogen) atoms. The molecule has 0 bridgehead atoms. The van der Waals surface area contributed by atoms with E-state index in [-0.39, 0.29) is 0 Å². The summed E-state index contributed by atoms with van der Waals surface area (Å²) in [7, 11) is 0. The van der Waals surface area contributed by atoms with Gasteiger partial charge in [0.15, 0.2) is 0 Å². The van der Waals surface area contributed by atoms with E-state index >= 15 is 0 Å². The maximum Gasteiger partial charge on any atom is 0.123 e. The first-order valence-electron chi connectivity index (χ1n) is 8.43. The summed E-state index contributed by atoms with van der Waals surface area (Å²) in [5.74, 6) is 1.94. The zero-order chi connectivity index (χ0) is 14.9. The highest BCUT2D eigenvalue weighted by Gasteiger charge is 2.14. The van der Waals surface area contributed by atoms with Gasteiger partial charge in [-0.3, -0.25) is 0 Å². The molecule has 3 heteroatoms. The van der Waals surface area contributed by atoms with Gasteiger partial charge in [0.05, 0.1) is 6.61 Å². The van der Waals surface area contributed by atoms with Crippen LogP contribution in [0.3, 0.4) is 0 Å². The number of hydrogen-bond donors (Lipinski definition) is 1. The summed E-state index contributed by atoms with van der Waals surface area (Å²) in [6.45, 7) is 10.9. The second-order valence-electron chi connectivity index (χ2n) is 6.10. The predicted octanol–water partition coefficient (Wildman–Crippen LogP) is 3.30. The van der Waals surface area contributed by atoms with Crippen LogP contribution in [0.4, 0.5) is 0 Å². The van der Waals surface area contributed by atoms with Crippen molar-refractivity contribution >= 4 is 0 Å². The number of para-hydroxylation sites is 1. The van der Waals surface area contributed by atoms with Crippen LogP contribution in [0.2, 0.25) is 0 Å². The monoisotopic (exact) mass is 290 g/mol. The number of likely N-dealkylation sites (tertiary alicyclic amines) is 1. The van der Waals surface area contributed by atoms with Crippen LogP contribution in [-0.4, -0.2) is 37.7 Å². The van der Waals surface area contributed by atoms with E-state index in [2.05, 4.69) is 35.3 Å². The van der Waals surface area contributed by atoms with E-state index in [1.54, 1.807) is 0 Å². The standard InChI is InChI=1S/C18H30N2O/c1-3-21-18-8-5-4-7-17(18)15-19-11-6-12-20-13-9-16(2)10-14-20/h4-5,7-8,16,19H,3,6,9-15H2,1-2H3. The van der Waals surface area contributed by atoms with E-state index in [1.807, 2.05) is 13.0 Å². The summed E-state index contributed by atoms with van der Waals surface area (Å²) >= 11 is 0. The first-order valence-corrected chi connectivity index (χ1v) is 8.43. The summed E-state index contributed by atoms with van der Waals surface area (Å²) in [6, 6.07) is 8.31. The van der Waals surface area contributed by atoms with Crippen LogP contribution in [0, 0.1) is 5.92 Å². The van der Waals surface area contributed by atoms with Crippen molar-refractivity contribution in [3.8, 4) is 5.75 Å². The van der Waals surface area contributed by atoms with Crippen LogP contribution in [0.1, 0.15) is 38.7 Å². The van der Waals surface area contributed by atoms with Gasteiger partial charge < -0.3 is 15.0 Å². The zero-order valence-corrected chi connectivity index (χ0v) is 13.6. The fourth-order valence-electron chi connectivity index (χ4n) is 2.88. The fourth-order valence-corrected chi connectivity index (χ4v) is 2.88. The van der Waals surface area contributed by atoms with Crippen LogP contribution in [0.15, 0.2) is 24.3 Å². The molecule has 2 rings (SSSR count). The highest BCUT2D eigenvalue weighted by molar-refractivity contribution is 5.33. The van der Waals surface area contributed by atoms with Crippen molar-refractivity contribution in [2.24, 2.45) is 5.92 Å². The molecule has 1 saturated heterocycles. The molecule has 0 spiro atoms. The Balaban J connectivity index is 1.61. The van der Waals surface area contributed by atoms with E-state index < -0.39 is 0 Å². The summed E-state index contributed by atoms with van der Waals surface area (Å²) in [5, 5.41) is 3.54. The van der Waals surface area contributed by atoms with Crippen LogP contribution in [-0.2, 0) is 6.54 Å². The highest BCUT2D eigenvalue weighted by atomic mass is 16.5. The fraction of sp³-hybridized carbons (Fsp3) is 0.667. The SMILES string of the molecule is CCOc1ccccc1CNCCCN1CCC(C)CC1. The average molecular weight is 290 g/mol. The molecular weight excluding hydrogens is 260 g/mol. The summed E-state index contributed by atoms with van der Waals surface area (Å²) in [6.07, 6.45) is 3.97. The number of rotatable bonds is 8. The molecule has 1 N–H and O–H groups in total. The van der Waals surface area contributed by atoms with E-state index in [0.717, 1.165) is 31.4 Å². The number of hydrogen-bond acceptors (Lipinski definition) is 3. The molecule has 1 aromatic carbocycles. The van der Waals surface area contributed by atoms with Crippen LogP contribution < -0.4 is 10.1 Å². The molecule has 1 heterocycles. The number of piperidine rings is 1. The molecule has 118 valence electrons. The molecular formula is C18H30N2O. The largest absolute Gasteiger partial charge is 0.494 e. The normalized spacial score (nSPS) is 17.0. The van der Waals surface area contributed by atoms with Gasteiger partial charge >= 0.3 is 0 Å². The first kappa shape index (κ1) is 16.3. The van der Waals surface area contributed by atoms with E-state index in [9.17, 15) is 0 Å². The van der Waals surface area contributed by atoms with Gasteiger partial charge in [0, 0.05) is 12.1 Å². The molecule has 0 aromatic heterocycles. The smallest absolute Gasteiger partial charge is 0.123 e. The lowest BCUT2D eigenvalue weighted by Gasteiger charge is -2.30. The van der Waals surface area contributed by atoms with Crippen molar-refractivity contribution < 1.29 is 4.74 Å². The van der Waals surface area contributed by atoms with Crippen LogP contribution >= 0.6 is 0 Å². The summed E-state index contributed by atoms with van der Waals surface area (Å²) < 4.78 is 5.65. The lowest BCUT2D eigenvalue weighted by atomic mass is 9.99. The third-order valence-electron chi connectivity index (χ3n) is 4.29. The molecule has 3 nitrogen and oxygen atoms in total. The van der Waals surface area contributed by atoms with E-state index in [4.69, 9.17) is 4.74 Å². The van der Waals surface area contributed by atoms with Gasteiger partial charge in [0.25, 0.3) is 0 Å². The number of nitrogens with zero attached hydrogens (tertiary/aromatic N) is 1. The van der Waals surface area contributed by atoms with Gasteiger partial charge in [-0.05, 0) is 64.3 Å². The Kier molecular flexibility index (Phi) is 7.04. The van der Waals surface area contributed by atoms with Crippen molar-refractivity contribution in [1.82, 2.24) is 10.2 Å². The minimum Gasteiger partial charge on any atom is -0.494 e. The number of ether oxygens (including phenoxy) is 1. The molecule has 0 unspecified atom stereocenters. The number of nitrogens with one attached hydrogen (secondary N) is 1. The zero-order valence-electron chi connectivity index (χ0n) is 13.6. The van der Waals surface area contributed by atoms with Gasteiger partial charge in [-0.2, -0.15) is 0 Å². The van der Waals surface area contributed by atoms with Crippen molar-refractivity contribution in [3.63, 3.8) is 0 Å². The minimum atomic E-state index is 0.727. The van der Waals surface area contributed by atoms with Crippen LogP contribution in [0.5, 0.6) is 5.75 Å². The predicted molar refractivity (Wildman–Crippen MR) is 88.8 cm³/mol. The van der Waals surface area contributed by atoms with Gasteiger partial charge in [-0.1, -0.05) is 25.1 Å². The molecule has 0 radical (unpaired) electrons. The Labute approximate surface area is 129 Å². The highest BCUT2D eigenvalue weighted by Crippen LogP contribution is 2.18. The van der Waals surface area contributed by atoms with Crippen molar-refractivity contribution in [2.75, 3.05) is 32.8 Å². The van der Waals surface area contributed by atoms with E-state index in [0.29, 0.717) is 0 Å². The first-order chi connectivity index (χ1) is 10.3. The van der Waals surface area contributed by atoms with E-state index in [1.165, 1.54) is 44.5 Å². The maximum absolute atomic E-state index is 5.65. The minimum absolute atomic E-state index is 0.727. The second kappa shape index (κ2) is 9.06. The molecule has 1 aliphatic heterocycles. The Morgan fingerprint density at radius 3 is 2.76 bits per heavy atom. The number of benzene rings is 1.